The molecule has 3 heteroatoms. The number of aliphatic imine (C=N–C) groups is 1. The molecule has 1 aliphatic carbocycles. The summed E-state index contributed by atoms with van der Waals surface area (Å²) in [5.41, 5.74) is 0.652. The summed E-state index contributed by atoms with van der Waals surface area (Å²) < 4.78 is 5.68. The van der Waals surface area contributed by atoms with Crippen molar-refractivity contribution in [3.63, 3.8) is 0 Å². The summed E-state index contributed by atoms with van der Waals surface area (Å²) in [6.45, 7) is 0. The van der Waals surface area contributed by atoms with Gasteiger partial charge in [0.25, 0.3) is 0 Å². The second-order valence-electron chi connectivity index (χ2n) is 3.79. The minimum absolute atomic E-state index is 0.0281. The predicted molar refractivity (Wildman–Crippen MR) is 61.6 cm³/mol. The van der Waals surface area contributed by atoms with E-state index in [1.807, 2.05) is 30.4 Å². The van der Waals surface area contributed by atoms with Gasteiger partial charge in [0.05, 0.1) is 5.56 Å². The van der Waals surface area contributed by atoms with E-state index in [-0.39, 0.29) is 17.9 Å². The first-order valence-electron chi connectivity index (χ1n) is 5.22. The lowest BCUT2D eigenvalue weighted by atomic mass is 10.1. The molecule has 1 aromatic rings. The number of hydrogen-bond donors (Lipinski definition) is 1. The highest BCUT2D eigenvalue weighted by molar-refractivity contribution is 5.98. The second-order valence-corrected chi connectivity index (χ2v) is 3.79. The number of allylic oxidation sites excluding steroid dienone is 2. The number of phenolic OH excluding ortho intramolecular Hbond substituents is 1. The maximum Gasteiger partial charge on any atom is 0.221 e. The van der Waals surface area contributed by atoms with E-state index in [2.05, 4.69) is 4.99 Å². The number of rotatable bonds is 1. The smallest absolute Gasteiger partial charge is 0.221 e. The van der Waals surface area contributed by atoms with Gasteiger partial charge in [0.15, 0.2) is 0 Å². The Bertz CT molecular complexity index is 502. The van der Waals surface area contributed by atoms with Gasteiger partial charge in [-0.25, -0.2) is 4.99 Å². The van der Waals surface area contributed by atoms with Crippen molar-refractivity contribution >= 4 is 5.90 Å². The quantitative estimate of drug-likeness (QED) is 0.775. The van der Waals surface area contributed by atoms with Gasteiger partial charge in [-0.2, -0.15) is 0 Å². The molecule has 3 nitrogen and oxygen atoms in total. The van der Waals surface area contributed by atoms with Gasteiger partial charge in [-0.3, -0.25) is 0 Å². The first-order valence-corrected chi connectivity index (χ1v) is 5.22. The molecule has 16 heavy (non-hydrogen) atoms. The van der Waals surface area contributed by atoms with Crippen LogP contribution in [-0.2, 0) is 4.74 Å². The molecule has 1 aliphatic heterocycles. The molecule has 80 valence electrons. The Balaban J connectivity index is 1.96. The van der Waals surface area contributed by atoms with Gasteiger partial charge in [0.2, 0.25) is 5.90 Å². The number of ether oxygens (including phenoxy) is 1. The van der Waals surface area contributed by atoms with Crippen molar-refractivity contribution in [3.05, 3.63) is 54.1 Å². The Morgan fingerprint density at radius 1 is 1.12 bits per heavy atom. The second kappa shape index (κ2) is 3.52. The highest BCUT2D eigenvalue weighted by Crippen LogP contribution is 2.26. The number of aromatic hydroxyl groups is 1. The average Bonchev–Trinajstić information content (AvgIpc) is 2.73. The fourth-order valence-corrected chi connectivity index (χ4v) is 1.88. The molecule has 0 spiro atoms. The van der Waals surface area contributed by atoms with Crippen molar-refractivity contribution in [2.45, 2.75) is 12.1 Å². The molecule has 0 saturated heterocycles. The minimum Gasteiger partial charge on any atom is -0.507 e. The first kappa shape index (κ1) is 9.21. The summed E-state index contributed by atoms with van der Waals surface area (Å²) in [5, 5.41) is 9.71. The highest BCUT2D eigenvalue weighted by Gasteiger charge is 2.29. The Labute approximate surface area is 93.4 Å². The highest BCUT2D eigenvalue weighted by atomic mass is 16.5. The third kappa shape index (κ3) is 1.41. The van der Waals surface area contributed by atoms with Crippen molar-refractivity contribution in [2.75, 3.05) is 0 Å². The lowest BCUT2D eigenvalue weighted by Gasteiger charge is -2.12. The first-order chi connectivity index (χ1) is 7.84. The van der Waals surface area contributed by atoms with Gasteiger partial charge >= 0.3 is 0 Å². The fraction of sp³-hybridized carbons (Fsp3) is 0.154. The van der Waals surface area contributed by atoms with E-state index in [1.165, 1.54) is 0 Å². The van der Waals surface area contributed by atoms with Gasteiger partial charge in [0, 0.05) is 0 Å². The molecule has 3 rings (SSSR count). The topological polar surface area (TPSA) is 41.8 Å². The summed E-state index contributed by atoms with van der Waals surface area (Å²) in [5.74, 6) is 0.720. The van der Waals surface area contributed by atoms with Crippen LogP contribution in [0.25, 0.3) is 0 Å². The van der Waals surface area contributed by atoms with Crippen molar-refractivity contribution in [1.29, 1.82) is 0 Å². The lowest BCUT2D eigenvalue weighted by molar-refractivity contribution is 0.254. The molecule has 0 radical (unpaired) electrons. The SMILES string of the molecule is Oc1ccccc1C1=NC2C=CC=CC2O1. The monoisotopic (exact) mass is 213 g/mol. The molecule has 2 aliphatic rings. The van der Waals surface area contributed by atoms with Crippen LogP contribution in [0.3, 0.4) is 0 Å². The van der Waals surface area contributed by atoms with E-state index in [9.17, 15) is 5.11 Å². The van der Waals surface area contributed by atoms with Gasteiger partial charge in [-0.1, -0.05) is 30.4 Å². The number of benzene rings is 1. The number of fused-ring (bicyclic) bond motifs is 1. The molecular weight excluding hydrogens is 202 g/mol. The van der Waals surface area contributed by atoms with Crippen LogP contribution in [0.5, 0.6) is 5.75 Å². The van der Waals surface area contributed by atoms with E-state index >= 15 is 0 Å². The zero-order chi connectivity index (χ0) is 11.0. The van der Waals surface area contributed by atoms with Crippen molar-refractivity contribution in [1.82, 2.24) is 0 Å². The van der Waals surface area contributed by atoms with Gasteiger partial charge in [0.1, 0.15) is 17.9 Å². The Morgan fingerprint density at radius 2 is 1.94 bits per heavy atom. The Morgan fingerprint density at radius 3 is 2.75 bits per heavy atom. The summed E-state index contributed by atoms with van der Waals surface area (Å²) in [6, 6.07) is 7.11. The predicted octanol–water partition coefficient (Wildman–Crippen LogP) is 2.03. The zero-order valence-electron chi connectivity index (χ0n) is 8.58. The molecule has 0 bridgehead atoms. The Hall–Kier alpha value is -2.03. The van der Waals surface area contributed by atoms with Gasteiger partial charge in [-0.15, -0.1) is 0 Å². The zero-order valence-corrected chi connectivity index (χ0v) is 8.58. The standard InChI is InChI=1S/C13H11NO2/c15-11-7-3-1-5-9(11)13-14-10-6-2-4-8-12(10)16-13/h1-8,10,12,15H. The summed E-state index contributed by atoms with van der Waals surface area (Å²) >= 11 is 0. The number of para-hydroxylation sites is 1. The normalized spacial score (nSPS) is 26.1. The molecular formula is C13H11NO2. The molecule has 0 saturated carbocycles. The van der Waals surface area contributed by atoms with Crippen LogP contribution in [0.1, 0.15) is 5.56 Å². The molecule has 0 fully saturated rings. The molecule has 2 atom stereocenters. The lowest BCUT2D eigenvalue weighted by Crippen LogP contribution is -2.19. The number of hydrogen-bond acceptors (Lipinski definition) is 3. The van der Waals surface area contributed by atoms with Crippen LogP contribution in [0.15, 0.2) is 53.6 Å². The van der Waals surface area contributed by atoms with E-state index in [1.54, 1.807) is 18.2 Å². The molecule has 1 heterocycles. The third-order valence-electron chi connectivity index (χ3n) is 2.71. The van der Waals surface area contributed by atoms with Crippen LogP contribution in [0.2, 0.25) is 0 Å². The minimum atomic E-state index is -0.0281. The number of phenols is 1. The molecule has 1 aromatic carbocycles. The van der Waals surface area contributed by atoms with Crippen LogP contribution in [0, 0.1) is 0 Å². The van der Waals surface area contributed by atoms with Crippen molar-refractivity contribution < 1.29 is 9.84 Å². The van der Waals surface area contributed by atoms with Crippen LogP contribution < -0.4 is 0 Å². The van der Waals surface area contributed by atoms with Crippen LogP contribution in [0.4, 0.5) is 0 Å². The van der Waals surface area contributed by atoms with Gasteiger partial charge < -0.3 is 9.84 Å². The van der Waals surface area contributed by atoms with Crippen molar-refractivity contribution in [3.8, 4) is 5.75 Å². The average molecular weight is 213 g/mol. The fourth-order valence-electron chi connectivity index (χ4n) is 1.88. The van der Waals surface area contributed by atoms with E-state index < -0.39 is 0 Å². The largest absolute Gasteiger partial charge is 0.507 e. The molecule has 2 unspecified atom stereocenters. The molecule has 1 N–H and O–H groups in total. The molecule has 0 amide bonds. The summed E-state index contributed by atoms with van der Waals surface area (Å²) in [6.07, 6.45) is 7.85. The van der Waals surface area contributed by atoms with E-state index in [0.29, 0.717) is 11.5 Å². The third-order valence-corrected chi connectivity index (χ3v) is 2.71. The van der Waals surface area contributed by atoms with Crippen LogP contribution >= 0.6 is 0 Å². The maximum atomic E-state index is 9.71. The van der Waals surface area contributed by atoms with Crippen molar-refractivity contribution in [2.24, 2.45) is 4.99 Å². The Kier molecular flexibility index (Phi) is 2.03. The van der Waals surface area contributed by atoms with Crippen LogP contribution in [-0.4, -0.2) is 23.2 Å². The van der Waals surface area contributed by atoms with E-state index in [4.69, 9.17) is 4.74 Å². The molecule has 0 aromatic heterocycles. The summed E-state index contributed by atoms with van der Waals surface area (Å²) in [4.78, 5) is 4.44. The van der Waals surface area contributed by atoms with Gasteiger partial charge in [-0.05, 0) is 18.2 Å². The van der Waals surface area contributed by atoms with E-state index in [0.717, 1.165) is 0 Å². The maximum absolute atomic E-state index is 9.71. The number of nitrogens with zero attached hydrogens (tertiary/aromatic N) is 1. The summed E-state index contributed by atoms with van der Waals surface area (Å²) in [7, 11) is 0.